The van der Waals surface area contributed by atoms with Crippen LogP contribution in [0.25, 0.3) is 0 Å². The average molecular weight is 261 g/mol. The summed E-state index contributed by atoms with van der Waals surface area (Å²) in [5, 5.41) is 0. The Labute approximate surface area is 115 Å². The van der Waals surface area contributed by atoms with Gasteiger partial charge in [0.25, 0.3) is 0 Å². The van der Waals surface area contributed by atoms with Crippen molar-refractivity contribution in [3.63, 3.8) is 0 Å². The first kappa shape index (κ1) is 14.1. The lowest BCUT2D eigenvalue weighted by Crippen LogP contribution is -2.38. The molecule has 0 bridgehead atoms. The van der Waals surface area contributed by atoms with Crippen molar-refractivity contribution in [2.24, 2.45) is 0 Å². The molecule has 0 spiro atoms. The Kier molecular flexibility index (Phi) is 5.40. The van der Waals surface area contributed by atoms with E-state index in [1.807, 2.05) is 37.3 Å². The van der Waals surface area contributed by atoms with E-state index < -0.39 is 0 Å². The predicted molar refractivity (Wildman–Crippen MR) is 75.9 cm³/mol. The van der Waals surface area contributed by atoms with Crippen LogP contribution in [-0.4, -0.2) is 30.6 Å². The third kappa shape index (κ3) is 3.80. The summed E-state index contributed by atoms with van der Waals surface area (Å²) in [6.45, 7) is 4.50. The fourth-order valence-electron chi connectivity index (χ4n) is 2.59. The second-order valence-corrected chi connectivity index (χ2v) is 5.08. The number of esters is 1. The lowest BCUT2D eigenvalue weighted by atomic mass is 10.0. The van der Waals surface area contributed by atoms with Crippen molar-refractivity contribution in [1.82, 2.24) is 4.90 Å². The molecule has 1 aliphatic rings. The zero-order valence-electron chi connectivity index (χ0n) is 11.7. The summed E-state index contributed by atoms with van der Waals surface area (Å²) >= 11 is 0. The molecule has 1 atom stereocenters. The molecule has 0 saturated carbocycles. The van der Waals surface area contributed by atoms with Crippen molar-refractivity contribution in [2.45, 2.75) is 38.6 Å². The third-order valence-electron chi connectivity index (χ3n) is 3.54. The number of ether oxygens (including phenoxy) is 1. The molecule has 1 aromatic carbocycles. The number of benzene rings is 1. The molecule has 0 aromatic heterocycles. The van der Waals surface area contributed by atoms with Gasteiger partial charge in [0, 0.05) is 0 Å². The standard InChI is InChI=1S/C16H23NO2/c1-2-13-19-16(18)15(14-9-5-3-6-10-14)17-11-7-4-8-12-17/h3,5-6,9-10,15H,2,4,7-8,11-13H2,1H3/t15-/m0/s1. The Hall–Kier alpha value is -1.35. The minimum Gasteiger partial charge on any atom is -0.464 e. The number of carbonyl (C=O) groups is 1. The van der Waals surface area contributed by atoms with Gasteiger partial charge < -0.3 is 4.74 Å². The molecule has 0 N–H and O–H groups in total. The average Bonchev–Trinajstić information content (AvgIpc) is 2.47. The highest BCUT2D eigenvalue weighted by Crippen LogP contribution is 2.25. The van der Waals surface area contributed by atoms with Gasteiger partial charge in [-0.05, 0) is 37.9 Å². The van der Waals surface area contributed by atoms with Gasteiger partial charge in [-0.1, -0.05) is 43.7 Å². The summed E-state index contributed by atoms with van der Waals surface area (Å²) in [4.78, 5) is 14.6. The first-order chi connectivity index (χ1) is 9.33. The van der Waals surface area contributed by atoms with E-state index >= 15 is 0 Å². The van der Waals surface area contributed by atoms with E-state index in [0.29, 0.717) is 6.61 Å². The molecule has 3 heteroatoms. The highest BCUT2D eigenvalue weighted by atomic mass is 16.5. The van der Waals surface area contributed by atoms with Crippen LogP contribution in [0.2, 0.25) is 0 Å². The molecule has 0 aliphatic carbocycles. The van der Waals surface area contributed by atoms with Crippen LogP contribution < -0.4 is 0 Å². The van der Waals surface area contributed by atoms with E-state index in [1.165, 1.54) is 19.3 Å². The number of rotatable bonds is 5. The minimum absolute atomic E-state index is 0.102. The van der Waals surface area contributed by atoms with Gasteiger partial charge in [-0.3, -0.25) is 4.90 Å². The summed E-state index contributed by atoms with van der Waals surface area (Å²) in [7, 11) is 0. The maximum atomic E-state index is 12.3. The highest BCUT2D eigenvalue weighted by molar-refractivity contribution is 5.77. The monoisotopic (exact) mass is 261 g/mol. The van der Waals surface area contributed by atoms with Gasteiger partial charge in [0.2, 0.25) is 0 Å². The van der Waals surface area contributed by atoms with Crippen molar-refractivity contribution in [3.05, 3.63) is 35.9 Å². The Morgan fingerprint density at radius 2 is 1.89 bits per heavy atom. The van der Waals surface area contributed by atoms with E-state index in [-0.39, 0.29) is 12.0 Å². The third-order valence-corrected chi connectivity index (χ3v) is 3.54. The topological polar surface area (TPSA) is 29.5 Å². The van der Waals surface area contributed by atoms with Crippen molar-refractivity contribution in [3.8, 4) is 0 Å². The Balaban J connectivity index is 2.14. The van der Waals surface area contributed by atoms with Gasteiger partial charge in [-0.15, -0.1) is 0 Å². The molecular formula is C16H23NO2. The lowest BCUT2D eigenvalue weighted by molar-refractivity contribution is -0.150. The van der Waals surface area contributed by atoms with Gasteiger partial charge in [-0.25, -0.2) is 4.79 Å². The van der Waals surface area contributed by atoms with Crippen LogP contribution in [0, 0.1) is 0 Å². The van der Waals surface area contributed by atoms with E-state index in [9.17, 15) is 4.79 Å². The summed E-state index contributed by atoms with van der Waals surface area (Å²) in [5.74, 6) is -0.102. The number of hydrogen-bond donors (Lipinski definition) is 0. The molecule has 3 nitrogen and oxygen atoms in total. The largest absolute Gasteiger partial charge is 0.464 e. The molecule has 1 aromatic rings. The van der Waals surface area contributed by atoms with Gasteiger partial charge >= 0.3 is 5.97 Å². The number of hydrogen-bond acceptors (Lipinski definition) is 3. The smallest absolute Gasteiger partial charge is 0.328 e. The normalized spacial score (nSPS) is 17.9. The van der Waals surface area contributed by atoms with Crippen LogP contribution in [0.5, 0.6) is 0 Å². The summed E-state index contributed by atoms with van der Waals surface area (Å²) in [5.41, 5.74) is 1.05. The van der Waals surface area contributed by atoms with E-state index in [2.05, 4.69) is 4.90 Å². The van der Waals surface area contributed by atoms with Gasteiger partial charge in [0.15, 0.2) is 0 Å². The second-order valence-electron chi connectivity index (χ2n) is 5.08. The van der Waals surface area contributed by atoms with Gasteiger partial charge in [-0.2, -0.15) is 0 Å². The molecule has 19 heavy (non-hydrogen) atoms. The van der Waals surface area contributed by atoms with Gasteiger partial charge in [0.05, 0.1) is 6.61 Å². The number of piperidine rings is 1. The molecule has 0 radical (unpaired) electrons. The number of likely N-dealkylation sites (tertiary alicyclic amines) is 1. The Morgan fingerprint density at radius 1 is 1.21 bits per heavy atom. The molecule has 1 saturated heterocycles. The van der Waals surface area contributed by atoms with Crippen molar-refractivity contribution in [2.75, 3.05) is 19.7 Å². The van der Waals surface area contributed by atoms with E-state index in [1.54, 1.807) is 0 Å². The van der Waals surface area contributed by atoms with Crippen molar-refractivity contribution in [1.29, 1.82) is 0 Å². The summed E-state index contributed by atoms with van der Waals surface area (Å²) in [6, 6.07) is 9.76. The Morgan fingerprint density at radius 3 is 2.53 bits per heavy atom. The van der Waals surface area contributed by atoms with Crippen LogP contribution in [0.4, 0.5) is 0 Å². The number of carbonyl (C=O) groups excluding carboxylic acids is 1. The van der Waals surface area contributed by atoms with Crippen LogP contribution in [0.15, 0.2) is 30.3 Å². The molecule has 0 unspecified atom stereocenters. The van der Waals surface area contributed by atoms with Crippen LogP contribution in [0.3, 0.4) is 0 Å². The molecule has 1 fully saturated rings. The first-order valence-corrected chi connectivity index (χ1v) is 7.28. The van der Waals surface area contributed by atoms with E-state index in [4.69, 9.17) is 4.74 Å². The predicted octanol–water partition coefficient (Wildman–Crippen LogP) is 3.17. The fourth-order valence-corrected chi connectivity index (χ4v) is 2.59. The second kappa shape index (κ2) is 7.29. The molecule has 104 valence electrons. The quantitative estimate of drug-likeness (QED) is 0.762. The molecule has 1 aliphatic heterocycles. The first-order valence-electron chi connectivity index (χ1n) is 7.28. The SMILES string of the molecule is CCCOC(=O)[C@H](c1ccccc1)N1CCCCC1. The van der Waals surface area contributed by atoms with Crippen LogP contribution >= 0.6 is 0 Å². The molecular weight excluding hydrogens is 238 g/mol. The Bertz CT molecular complexity index is 385. The molecule has 2 rings (SSSR count). The van der Waals surface area contributed by atoms with Gasteiger partial charge in [0.1, 0.15) is 6.04 Å². The van der Waals surface area contributed by atoms with Crippen molar-refractivity contribution >= 4 is 5.97 Å². The molecule has 1 heterocycles. The zero-order valence-corrected chi connectivity index (χ0v) is 11.7. The summed E-state index contributed by atoms with van der Waals surface area (Å²) in [6.07, 6.45) is 4.48. The van der Waals surface area contributed by atoms with Crippen LogP contribution in [0.1, 0.15) is 44.2 Å². The maximum absolute atomic E-state index is 12.3. The number of nitrogens with zero attached hydrogens (tertiary/aromatic N) is 1. The highest BCUT2D eigenvalue weighted by Gasteiger charge is 2.29. The van der Waals surface area contributed by atoms with Crippen molar-refractivity contribution < 1.29 is 9.53 Å². The fraction of sp³-hybridized carbons (Fsp3) is 0.562. The summed E-state index contributed by atoms with van der Waals surface area (Å²) < 4.78 is 5.38. The van der Waals surface area contributed by atoms with Crippen LogP contribution in [-0.2, 0) is 9.53 Å². The zero-order chi connectivity index (χ0) is 13.5. The van der Waals surface area contributed by atoms with E-state index in [0.717, 1.165) is 25.1 Å². The lowest BCUT2D eigenvalue weighted by Gasteiger charge is -2.33. The maximum Gasteiger partial charge on any atom is 0.328 e. The minimum atomic E-state index is -0.229. The molecule has 0 amide bonds.